The largest absolute Gasteiger partial charge is 0.376 e. The molecule has 1 saturated heterocycles. The SMILES string of the molecule is CC(NC(=O)c1ccc2c(c1)C(=O)N(CC1CCCO1)C2=O)C(c1ccccc1)c1ccccc1. The van der Waals surface area contributed by atoms with Crippen molar-refractivity contribution in [2.24, 2.45) is 0 Å². The maximum Gasteiger partial charge on any atom is 0.261 e. The first-order valence-electron chi connectivity index (χ1n) is 12.1. The van der Waals surface area contributed by atoms with Gasteiger partial charge in [0, 0.05) is 24.1 Å². The number of rotatable bonds is 7. The molecule has 3 aromatic rings. The van der Waals surface area contributed by atoms with Gasteiger partial charge in [-0.15, -0.1) is 0 Å². The fourth-order valence-corrected chi connectivity index (χ4v) is 5.05. The minimum Gasteiger partial charge on any atom is -0.376 e. The molecule has 0 aliphatic carbocycles. The van der Waals surface area contributed by atoms with E-state index in [1.54, 1.807) is 12.1 Å². The summed E-state index contributed by atoms with van der Waals surface area (Å²) in [6.07, 6.45) is 1.65. The lowest BCUT2D eigenvalue weighted by molar-refractivity contribution is 0.0475. The molecule has 0 aromatic heterocycles. The van der Waals surface area contributed by atoms with Gasteiger partial charge in [-0.05, 0) is 49.1 Å². The molecule has 5 rings (SSSR count). The van der Waals surface area contributed by atoms with E-state index in [1.165, 1.54) is 11.0 Å². The summed E-state index contributed by atoms with van der Waals surface area (Å²) in [5, 5.41) is 3.11. The van der Waals surface area contributed by atoms with Crippen LogP contribution >= 0.6 is 0 Å². The standard InChI is InChI=1S/C29H28N2O4/c1-19(26(20-9-4-2-5-10-20)21-11-6-3-7-12-21)30-27(32)22-14-15-24-25(17-22)29(34)31(28(24)33)18-23-13-8-16-35-23/h2-7,9-12,14-15,17,19,23,26H,8,13,16,18H2,1H3,(H,30,32). The van der Waals surface area contributed by atoms with Crippen LogP contribution in [-0.2, 0) is 4.74 Å². The van der Waals surface area contributed by atoms with Crippen molar-refractivity contribution in [1.82, 2.24) is 10.2 Å². The number of hydrogen-bond donors (Lipinski definition) is 1. The summed E-state index contributed by atoms with van der Waals surface area (Å²) in [6.45, 7) is 2.89. The Morgan fingerprint density at radius 2 is 1.57 bits per heavy atom. The Hall–Kier alpha value is -3.77. The van der Waals surface area contributed by atoms with Crippen LogP contribution in [0.2, 0.25) is 0 Å². The number of carbonyl (C=O) groups excluding carboxylic acids is 3. The molecule has 0 spiro atoms. The van der Waals surface area contributed by atoms with Gasteiger partial charge in [0.25, 0.3) is 17.7 Å². The Kier molecular flexibility index (Phi) is 6.47. The number of fused-ring (bicyclic) bond motifs is 1. The fraction of sp³-hybridized carbons (Fsp3) is 0.276. The molecule has 2 heterocycles. The van der Waals surface area contributed by atoms with Crippen LogP contribution in [0.25, 0.3) is 0 Å². The molecule has 1 fully saturated rings. The van der Waals surface area contributed by atoms with E-state index in [1.807, 2.05) is 43.3 Å². The van der Waals surface area contributed by atoms with Crippen LogP contribution in [0.5, 0.6) is 0 Å². The van der Waals surface area contributed by atoms with Gasteiger partial charge in [-0.3, -0.25) is 19.3 Å². The number of benzene rings is 3. The lowest BCUT2D eigenvalue weighted by Gasteiger charge is -2.26. The summed E-state index contributed by atoms with van der Waals surface area (Å²) in [6, 6.07) is 24.7. The fourth-order valence-electron chi connectivity index (χ4n) is 5.05. The van der Waals surface area contributed by atoms with Crippen molar-refractivity contribution in [1.29, 1.82) is 0 Å². The Morgan fingerprint density at radius 1 is 0.943 bits per heavy atom. The Labute approximate surface area is 204 Å². The summed E-state index contributed by atoms with van der Waals surface area (Å²) in [4.78, 5) is 40.3. The molecule has 178 valence electrons. The molecule has 35 heavy (non-hydrogen) atoms. The third-order valence-corrected chi connectivity index (χ3v) is 6.82. The third-order valence-electron chi connectivity index (χ3n) is 6.82. The number of nitrogens with one attached hydrogen (secondary N) is 1. The van der Waals surface area contributed by atoms with Gasteiger partial charge in [0.15, 0.2) is 0 Å². The predicted molar refractivity (Wildman–Crippen MR) is 132 cm³/mol. The maximum atomic E-state index is 13.2. The average molecular weight is 469 g/mol. The van der Waals surface area contributed by atoms with E-state index >= 15 is 0 Å². The predicted octanol–water partition coefficient (Wildman–Crippen LogP) is 4.41. The highest BCUT2D eigenvalue weighted by Crippen LogP contribution is 2.29. The van der Waals surface area contributed by atoms with Crippen LogP contribution in [0.1, 0.15) is 67.9 Å². The van der Waals surface area contributed by atoms with E-state index < -0.39 is 0 Å². The number of ether oxygens (including phenoxy) is 1. The van der Waals surface area contributed by atoms with Crippen LogP contribution in [-0.4, -0.2) is 47.9 Å². The average Bonchev–Trinajstić information content (AvgIpc) is 3.48. The molecule has 0 bridgehead atoms. The number of carbonyl (C=O) groups is 3. The summed E-state index contributed by atoms with van der Waals surface area (Å²) in [5.41, 5.74) is 3.17. The monoisotopic (exact) mass is 468 g/mol. The van der Waals surface area contributed by atoms with E-state index in [9.17, 15) is 14.4 Å². The first-order valence-corrected chi connectivity index (χ1v) is 12.1. The van der Waals surface area contributed by atoms with Crippen LogP contribution in [0.3, 0.4) is 0 Å². The first-order chi connectivity index (χ1) is 17.0. The van der Waals surface area contributed by atoms with Crippen molar-refractivity contribution in [3.05, 3.63) is 107 Å². The van der Waals surface area contributed by atoms with Gasteiger partial charge in [0.05, 0.1) is 23.8 Å². The second-order valence-corrected chi connectivity index (χ2v) is 9.18. The molecule has 3 aromatic carbocycles. The van der Waals surface area contributed by atoms with Gasteiger partial charge in [0.1, 0.15) is 0 Å². The van der Waals surface area contributed by atoms with Crippen molar-refractivity contribution < 1.29 is 19.1 Å². The first kappa shape index (κ1) is 23.0. The lowest BCUT2D eigenvalue weighted by Crippen LogP contribution is -2.37. The Bertz CT molecular complexity index is 1200. The normalized spacial score (nSPS) is 18.1. The van der Waals surface area contributed by atoms with Gasteiger partial charge in [-0.1, -0.05) is 60.7 Å². The van der Waals surface area contributed by atoms with Crippen LogP contribution in [0.4, 0.5) is 0 Å². The van der Waals surface area contributed by atoms with Gasteiger partial charge in [-0.2, -0.15) is 0 Å². The zero-order valence-corrected chi connectivity index (χ0v) is 19.6. The maximum absolute atomic E-state index is 13.2. The summed E-state index contributed by atoms with van der Waals surface area (Å²) in [7, 11) is 0. The third kappa shape index (κ3) is 4.62. The highest BCUT2D eigenvalue weighted by molar-refractivity contribution is 6.22. The van der Waals surface area contributed by atoms with Crippen LogP contribution in [0, 0.1) is 0 Å². The molecule has 2 aliphatic rings. The van der Waals surface area contributed by atoms with Crippen molar-refractivity contribution in [2.75, 3.05) is 13.2 Å². The van der Waals surface area contributed by atoms with E-state index in [-0.39, 0.29) is 47.9 Å². The summed E-state index contributed by atoms with van der Waals surface area (Å²) < 4.78 is 5.60. The Balaban J connectivity index is 1.35. The number of nitrogens with zero attached hydrogens (tertiary/aromatic N) is 1. The molecule has 1 N–H and O–H groups in total. The summed E-state index contributed by atoms with van der Waals surface area (Å²) in [5.74, 6) is -1.01. The highest BCUT2D eigenvalue weighted by Gasteiger charge is 2.38. The smallest absolute Gasteiger partial charge is 0.261 e. The van der Waals surface area contributed by atoms with Crippen molar-refractivity contribution >= 4 is 17.7 Å². The van der Waals surface area contributed by atoms with E-state index in [2.05, 4.69) is 29.6 Å². The van der Waals surface area contributed by atoms with E-state index in [4.69, 9.17) is 4.74 Å². The molecule has 2 aliphatic heterocycles. The quantitative estimate of drug-likeness (QED) is 0.521. The molecule has 6 nitrogen and oxygen atoms in total. The zero-order valence-electron chi connectivity index (χ0n) is 19.6. The minimum absolute atomic E-state index is 0.0408. The zero-order chi connectivity index (χ0) is 24.4. The van der Waals surface area contributed by atoms with Crippen molar-refractivity contribution in [3.8, 4) is 0 Å². The van der Waals surface area contributed by atoms with Gasteiger partial charge >= 0.3 is 0 Å². The van der Waals surface area contributed by atoms with E-state index in [0.717, 1.165) is 24.0 Å². The number of imide groups is 1. The second-order valence-electron chi connectivity index (χ2n) is 9.18. The molecule has 6 heteroatoms. The molecule has 2 atom stereocenters. The molecular formula is C29H28N2O4. The molecule has 3 amide bonds. The van der Waals surface area contributed by atoms with Crippen LogP contribution in [0.15, 0.2) is 78.9 Å². The molecule has 0 saturated carbocycles. The number of hydrogen-bond acceptors (Lipinski definition) is 4. The molecule has 2 unspecified atom stereocenters. The van der Waals surface area contributed by atoms with Gasteiger partial charge in [-0.25, -0.2) is 0 Å². The topological polar surface area (TPSA) is 75.7 Å². The molecular weight excluding hydrogens is 440 g/mol. The second kappa shape index (κ2) is 9.84. The van der Waals surface area contributed by atoms with Crippen molar-refractivity contribution in [2.45, 2.75) is 37.8 Å². The van der Waals surface area contributed by atoms with Crippen LogP contribution < -0.4 is 5.32 Å². The molecule has 0 radical (unpaired) electrons. The lowest BCUT2D eigenvalue weighted by atomic mass is 9.85. The Morgan fingerprint density at radius 3 is 2.17 bits per heavy atom. The summed E-state index contributed by atoms with van der Waals surface area (Å²) >= 11 is 0. The minimum atomic E-state index is -0.366. The van der Waals surface area contributed by atoms with Gasteiger partial charge in [0.2, 0.25) is 0 Å². The van der Waals surface area contributed by atoms with E-state index in [0.29, 0.717) is 17.7 Å². The van der Waals surface area contributed by atoms with Crippen molar-refractivity contribution in [3.63, 3.8) is 0 Å². The highest BCUT2D eigenvalue weighted by atomic mass is 16.5. The van der Waals surface area contributed by atoms with Gasteiger partial charge < -0.3 is 10.1 Å². The number of amides is 3.